The van der Waals surface area contributed by atoms with Gasteiger partial charge in [-0.05, 0) is 12.1 Å². The van der Waals surface area contributed by atoms with E-state index in [-0.39, 0.29) is 11.3 Å². The molecule has 3 rings (SSSR count). The van der Waals surface area contributed by atoms with Crippen molar-refractivity contribution < 1.29 is 31.5 Å². The van der Waals surface area contributed by atoms with Crippen LogP contribution in [-0.2, 0) is 17.3 Å². The quantitative estimate of drug-likeness (QED) is 0.676. The fourth-order valence-corrected chi connectivity index (χ4v) is 2.45. The molecule has 1 aliphatic carbocycles. The smallest absolute Gasteiger partial charge is 0.435 e. The predicted molar refractivity (Wildman–Crippen MR) is 66.8 cm³/mol. The molecule has 1 aliphatic rings. The predicted octanol–water partition coefficient (Wildman–Crippen LogP) is 3.52. The zero-order valence-electron chi connectivity index (χ0n) is 11.3. The lowest BCUT2D eigenvalue weighted by molar-refractivity contribution is -0.146. The third kappa shape index (κ3) is 2.66. The monoisotopic (exact) mass is 332 g/mol. The van der Waals surface area contributed by atoms with Crippen LogP contribution in [-0.4, -0.2) is 22.1 Å². The summed E-state index contributed by atoms with van der Waals surface area (Å²) in [7, 11) is 0. The summed E-state index contributed by atoms with van der Waals surface area (Å²) in [5, 5.41) is 4.98. The number of hydrogen-bond donors (Lipinski definition) is 1. The van der Waals surface area contributed by atoms with Crippen LogP contribution in [0.3, 0.4) is 0 Å². The summed E-state index contributed by atoms with van der Waals surface area (Å²) in [5.41, 5.74) is -2.72. The molecule has 0 aliphatic heterocycles. The molecule has 2 aromatic rings. The number of carbonyl (C=O) groups excluding carboxylic acids is 1. The minimum atomic E-state index is -4.93. The first-order valence-electron chi connectivity index (χ1n) is 6.48. The van der Waals surface area contributed by atoms with Crippen LogP contribution >= 0.6 is 0 Å². The van der Waals surface area contributed by atoms with E-state index in [9.17, 15) is 26.7 Å². The number of aromatic nitrogens is 2. The molecule has 0 amide bonds. The topological polar surface area (TPSA) is 55.0 Å². The molecular weight excluding hydrogens is 323 g/mol. The van der Waals surface area contributed by atoms with Gasteiger partial charge in [-0.25, -0.2) is 13.6 Å². The average molecular weight is 332 g/mol. The number of nitrogens with one attached hydrogen (secondary N) is 1. The van der Waals surface area contributed by atoms with Crippen LogP contribution < -0.4 is 0 Å². The molecular formula is C14H9F5N2O2. The van der Waals surface area contributed by atoms with Crippen molar-refractivity contribution in [1.29, 1.82) is 0 Å². The SMILES string of the molecule is O=C(O[C@H]1c2c(C(F)(F)F)n[nH]c2CC1(F)F)c1ccccc1. The van der Waals surface area contributed by atoms with Crippen LogP contribution in [0.2, 0.25) is 0 Å². The maximum absolute atomic E-state index is 14.0. The summed E-state index contributed by atoms with van der Waals surface area (Å²) in [6, 6.07) is 7.19. The van der Waals surface area contributed by atoms with Crippen molar-refractivity contribution in [3.8, 4) is 0 Å². The van der Waals surface area contributed by atoms with Gasteiger partial charge in [-0.3, -0.25) is 5.10 Å². The molecule has 0 saturated heterocycles. The van der Waals surface area contributed by atoms with Gasteiger partial charge in [-0.1, -0.05) is 18.2 Å². The molecule has 1 aromatic carbocycles. The van der Waals surface area contributed by atoms with E-state index in [1.165, 1.54) is 24.3 Å². The number of rotatable bonds is 2. The maximum atomic E-state index is 14.0. The average Bonchev–Trinajstić information content (AvgIpc) is 2.97. The molecule has 0 saturated carbocycles. The van der Waals surface area contributed by atoms with Crippen LogP contribution in [0.1, 0.15) is 33.4 Å². The van der Waals surface area contributed by atoms with Crippen molar-refractivity contribution in [3.63, 3.8) is 0 Å². The second-order valence-corrected chi connectivity index (χ2v) is 5.05. The summed E-state index contributed by atoms with van der Waals surface area (Å²) >= 11 is 0. The number of carbonyl (C=O) groups is 1. The highest BCUT2D eigenvalue weighted by Crippen LogP contribution is 2.49. The number of fused-ring (bicyclic) bond motifs is 1. The first-order valence-corrected chi connectivity index (χ1v) is 6.48. The van der Waals surface area contributed by atoms with Gasteiger partial charge in [0.2, 0.25) is 0 Å². The van der Waals surface area contributed by atoms with Gasteiger partial charge in [0.25, 0.3) is 5.92 Å². The first-order chi connectivity index (χ1) is 10.7. The summed E-state index contributed by atoms with van der Waals surface area (Å²) in [5.74, 6) is -4.77. The van der Waals surface area contributed by atoms with E-state index in [1.807, 2.05) is 5.10 Å². The number of benzene rings is 1. The number of aromatic amines is 1. The molecule has 1 aromatic heterocycles. The number of hydrogen-bond acceptors (Lipinski definition) is 3. The van der Waals surface area contributed by atoms with E-state index < -0.39 is 41.9 Å². The van der Waals surface area contributed by atoms with Crippen molar-refractivity contribution >= 4 is 5.97 Å². The Hall–Kier alpha value is -2.45. The number of ether oxygens (including phenoxy) is 1. The van der Waals surface area contributed by atoms with Crippen LogP contribution in [0.5, 0.6) is 0 Å². The van der Waals surface area contributed by atoms with Gasteiger partial charge in [0.05, 0.1) is 17.5 Å². The molecule has 0 radical (unpaired) electrons. The lowest BCUT2D eigenvalue weighted by Crippen LogP contribution is -2.28. The Morgan fingerprint density at radius 2 is 1.91 bits per heavy atom. The van der Waals surface area contributed by atoms with E-state index >= 15 is 0 Å². The van der Waals surface area contributed by atoms with E-state index in [0.29, 0.717) is 0 Å². The highest BCUT2D eigenvalue weighted by molar-refractivity contribution is 5.89. The highest BCUT2D eigenvalue weighted by atomic mass is 19.4. The van der Waals surface area contributed by atoms with Crippen LogP contribution in [0.15, 0.2) is 30.3 Å². The van der Waals surface area contributed by atoms with Crippen molar-refractivity contribution in [2.24, 2.45) is 0 Å². The Morgan fingerprint density at radius 1 is 1.26 bits per heavy atom. The number of nitrogens with zero attached hydrogens (tertiary/aromatic N) is 1. The zero-order chi connectivity index (χ0) is 16.8. The fraction of sp³-hybridized carbons (Fsp3) is 0.286. The van der Waals surface area contributed by atoms with Crippen molar-refractivity contribution in [2.75, 3.05) is 0 Å². The zero-order valence-corrected chi connectivity index (χ0v) is 11.3. The van der Waals surface area contributed by atoms with Gasteiger partial charge < -0.3 is 4.74 Å². The number of esters is 1. The van der Waals surface area contributed by atoms with Gasteiger partial charge in [0.1, 0.15) is 0 Å². The Labute approximate surface area is 126 Å². The van der Waals surface area contributed by atoms with Gasteiger partial charge in [-0.15, -0.1) is 0 Å². The van der Waals surface area contributed by atoms with Crippen LogP contribution in [0, 0.1) is 0 Å². The minimum absolute atomic E-state index is 0.0335. The molecule has 1 heterocycles. The normalized spacial score (nSPS) is 19.4. The Bertz CT molecular complexity index is 739. The second kappa shape index (κ2) is 5.04. The highest BCUT2D eigenvalue weighted by Gasteiger charge is 2.56. The minimum Gasteiger partial charge on any atom is -0.447 e. The van der Waals surface area contributed by atoms with E-state index in [4.69, 9.17) is 0 Å². The van der Waals surface area contributed by atoms with Gasteiger partial charge in [-0.2, -0.15) is 18.3 Å². The standard InChI is InChI=1S/C14H9F5N2O2/c15-13(16)6-8-9(10(21-20-8)14(17,18)19)11(13)23-12(22)7-4-2-1-3-5-7/h1-5,11H,6H2,(H,20,21)/t11-/m0/s1. The number of halogens is 5. The fourth-order valence-electron chi connectivity index (χ4n) is 2.45. The second-order valence-electron chi connectivity index (χ2n) is 5.05. The van der Waals surface area contributed by atoms with Gasteiger partial charge in [0, 0.05) is 5.69 Å². The van der Waals surface area contributed by atoms with Crippen LogP contribution in [0.25, 0.3) is 0 Å². The molecule has 9 heteroatoms. The molecule has 23 heavy (non-hydrogen) atoms. The van der Waals surface area contributed by atoms with Crippen molar-refractivity contribution in [3.05, 3.63) is 52.8 Å². The molecule has 0 fully saturated rings. The summed E-state index contributed by atoms with van der Waals surface area (Å²) in [6.07, 6.45) is -8.26. The third-order valence-electron chi connectivity index (χ3n) is 3.44. The van der Waals surface area contributed by atoms with Crippen molar-refractivity contribution in [1.82, 2.24) is 10.2 Å². The molecule has 1 atom stereocenters. The Morgan fingerprint density at radius 3 is 2.52 bits per heavy atom. The van der Waals surface area contributed by atoms with Crippen molar-refractivity contribution in [2.45, 2.75) is 24.6 Å². The summed E-state index contributed by atoms with van der Waals surface area (Å²) in [6.45, 7) is 0. The lowest BCUT2D eigenvalue weighted by Gasteiger charge is -2.21. The summed E-state index contributed by atoms with van der Waals surface area (Å²) < 4.78 is 71.3. The molecule has 0 spiro atoms. The number of alkyl halides is 5. The Kier molecular flexibility index (Phi) is 3.38. The van der Waals surface area contributed by atoms with Gasteiger partial charge in [0.15, 0.2) is 11.8 Å². The molecule has 0 unspecified atom stereocenters. The largest absolute Gasteiger partial charge is 0.447 e. The number of H-pyrrole nitrogens is 1. The van der Waals surface area contributed by atoms with Crippen LogP contribution in [0.4, 0.5) is 22.0 Å². The molecule has 4 nitrogen and oxygen atoms in total. The van der Waals surface area contributed by atoms with E-state index in [0.717, 1.165) is 0 Å². The maximum Gasteiger partial charge on any atom is 0.435 e. The van der Waals surface area contributed by atoms with E-state index in [1.54, 1.807) is 6.07 Å². The molecule has 122 valence electrons. The first kappa shape index (κ1) is 15.4. The molecule has 1 N–H and O–H groups in total. The summed E-state index contributed by atoms with van der Waals surface area (Å²) in [4.78, 5) is 11.9. The van der Waals surface area contributed by atoms with Gasteiger partial charge >= 0.3 is 12.1 Å². The molecule has 0 bridgehead atoms. The van der Waals surface area contributed by atoms with E-state index in [2.05, 4.69) is 9.84 Å². The Balaban J connectivity index is 1.96. The lowest BCUT2D eigenvalue weighted by atomic mass is 10.1. The third-order valence-corrected chi connectivity index (χ3v) is 3.44.